The molecule has 1 N–H and O–H groups in total. The van der Waals surface area contributed by atoms with Gasteiger partial charge in [-0.3, -0.25) is 0 Å². The zero-order chi connectivity index (χ0) is 12.7. The molecule has 0 amide bonds. The molecule has 0 spiro atoms. The summed E-state index contributed by atoms with van der Waals surface area (Å²) in [6, 6.07) is 3.63. The van der Waals surface area contributed by atoms with Gasteiger partial charge in [-0.2, -0.15) is 0 Å². The molecular weight excluding hydrogens is 224 g/mol. The minimum absolute atomic E-state index is 0.240. The van der Waals surface area contributed by atoms with Crippen LogP contribution < -0.4 is 5.32 Å². The van der Waals surface area contributed by atoms with Crippen LogP contribution in [-0.4, -0.2) is 19.3 Å². The molecule has 1 aromatic rings. The molecule has 0 atom stereocenters. The van der Waals surface area contributed by atoms with Gasteiger partial charge in [0.1, 0.15) is 11.6 Å². The molecule has 0 aliphatic heterocycles. The lowest BCUT2D eigenvalue weighted by Gasteiger charge is -2.08. The van der Waals surface area contributed by atoms with E-state index in [1.807, 2.05) is 13.8 Å². The van der Waals surface area contributed by atoms with Crippen molar-refractivity contribution in [3.05, 3.63) is 35.4 Å². The van der Waals surface area contributed by atoms with Gasteiger partial charge in [0.15, 0.2) is 0 Å². The summed E-state index contributed by atoms with van der Waals surface area (Å²) in [5, 5.41) is 3.09. The van der Waals surface area contributed by atoms with E-state index >= 15 is 0 Å². The Morgan fingerprint density at radius 1 is 1.29 bits per heavy atom. The van der Waals surface area contributed by atoms with Crippen LogP contribution in [0.25, 0.3) is 0 Å². The smallest absolute Gasteiger partial charge is 0.130 e. The first-order chi connectivity index (χ1) is 8.09. The topological polar surface area (TPSA) is 21.3 Å². The highest BCUT2D eigenvalue weighted by Crippen LogP contribution is 2.08. The number of halogens is 2. The third-order valence-electron chi connectivity index (χ3n) is 2.28. The van der Waals surface area contributed by atoms with Crippen LogP contribution in [-0.2, 0) is 11.3 Å². The molecule has 0 fully saturated rings. The maximum Gasteiger partial charge on any atom is 0.130 e. The Balaban J connectivity index is 2.18. The second kappa shape index (κ2) is 7.35. The molecule has 1 rings (SSSR count). The van der Waals surface area contributed by atoms with Crippen molar-refractivity contribution in [3.8, 4) is 0 Å². The van der Waals surface area contributed by atoms with Crippen molar-refractivity contribution in [1.82, 2.24) is 5.32 Å². The van der Waals surface area contributed by atoms with Crippen LogP contribution in [0.1, 0.15) is 25.8 Å². The van der Waals surface area contributed by atoms with Gasteiger partial charge in [0.2, 0.25) is 0 Å². The van der Waals surface area contributed by atoms with Gasteiger partial charge in [-0.05, 0) is 32.9 Å². The number of hydrogen-bond acceptors (Lipinski definition) is 2. The summed E-state index contributed by atoms with van der Waals surface area (Å²) in [6.45, 7) is 5.83. The third kappa shape index (κ3) is 5.75. The molecule has 0 aliphatic carbocycles. The van der Waals surface area contributed by atoms with Gasteiger partial charge in [0, 0.05) is 24.8 Å². The average Bonchev–Trinajstić information content (AvgIpc) is 2.25. The standard InChI is InChI=1S/C13H19F2NO/c1-10(2)17-7-3-6-16-9-11-4-5-12(14)8-13(11)15/h4-5,8,10,16H,3,6-7,9H2,1-2H3. The van der Waals surface area contributed by atoms with Crippen molar-refractivity contribution in [1.29, 1.82) is 0 Å². The van der Waals surface area contributed by atoms with Gasteiger partial charge in [0.25, 0.3) is 0 Å². The number of rotatable bonds is 7. The first-order valence-electron chi connectivity index (χ1n) is 5.86. The fourth-order valence-corrected chi connectivity index (χ4v) is 1.40. The van der Waals surface area contributed by atoms with E-state index in [0.29, 0.717) is 18.7 Å². The van der Waals surface area contributed by atoms with E-state index in [4.69, 9.17) is 4.74 Å². The SMILES string of the molecule is CC(C)OCCCNCc1ccc(F)cc1F. The van der Waals surface area contributed by atoms with Crippen LogP contribution >= 0.6 is 0 Å². The molecule has 0 saturated heterocycles. The molecule has 0 aromatic heterocycles. The Morgan fingerprint density at radius 3 is 2.71 bits per heavy atom. The molecular formula is C13H19F2NO. The van der Waals surface area contributed by atoms with Crippen LogP contribution in [0.3, 0.4) is 0 Å². The van der Waals surface area contributed by atoms with Crippen molar-refractivity contribution in [3.63, 3.8) is 0 Å². The lowest BCUT2D eigenvalue weighted by Crippen LogP contribution is -2.18. The highest BCUT2D eigenvalue weighted by atomic mass is 19.1. The highest BCUT2D eigenvalue weighted by molar-refractivity contribution is 5.18. The zero-order valence-electron chi connectivity index (χ0n) is 10.3. The Morgan fingerprint density at radius 2 is 2.06 bits per heavy atom. The number of nitrogens with one attached hydrogen (secondary N) is 1. The van der Waals surface area contributed by atoms with Crippen LogP contribution in [0.2, 0.25) is 0 Å². The Labute approximate surface area is 101 Å². The first kappa shape index (κ1) is 14.1. The molecule has 0 aliphatic rings. The largest absolute Gasteiger partial charge is 0.379 e. The van der Waals surface area contributed by atoms with Gasteiger partial charge < -0.3 is 10.1 Å². The van der Waals surface area contributed by atoms with Crippen LogP contribution in [0.5, 0.6) is 0 Å². The van der Waals surface area contributed by atoms with E-state index in [1.165, 1.54) is 12.1 Å². The maximum atomic E-state index is 13.2. The summed E-state index contributed by atoms with van der Waals surface area (Å²) in [5.74, 6) is -1.05. The Hall–Kier alpha value is -1.00. The average molecular weight is 243 g/mol. The predicted octanol–water partition coefficient (Wildman–Crippen LogP) is 2.87. The summed E-state index contributed by atoms with van der Waals surface area (Å²) < 4.78 is 31.2. The van der Waals surface area contributed by atoms with Crippen molar-refractivity contribution < 1.29 is 13.5 Å². The summed E-state index contributed by atoms with van der Waals surface area (Å²) in [5.41, 5.74) is 0.483. The number of hydrogen-bond donors (Lipinski definition) is 1. The van der Waals surface area contributed by atoms with E-state index in [0.717, 1.165) is 19.0 Å². The molecule has 17 heavy (non-hydrogen) atoms. The molecule has 0 heterocycles. The molecule has 1 aromatic carbocycles. The number of ether oxygens (including phenoxy) is 1. The fraction of sp³-hybridized carbons (Fsp3) is 0.538. The van der Waals surface area contributed by atoms with Crippen LogP contribution in [0.15, 0.2) is 18.2 Å². The summed E-state index contributed by atoms with van der Waals surface area (Å²) >= 11 is 0. The summed E-state index contributed by atoms with van der Waals surface area (Å²) in [7, 11) is 0. The van der Waals surface area contributed by atoms with E-state index in [2.05, 4.69) is 5.32 Å². The lowest BCUT2D eigenvalue weighted by molar-refractivity contribution is 0.0770. The van der Waals surface area contributed by atoms with E-state index in [-0.39, 0.29) is 6.10 Å². The summed E-state index contributed by atoms with van der Waals surface area (Å²) in [4.78, 5) is 0. The van der Waals surface area contributed by atoms with Gasteiger partial charge in [-0.1, -0.05) is 6.07 Å². The quantitative estimate of drug-likeness (QED) is 0.743. The molecule has 0 bridgehead atoms. The second-order valence-corrected chi connectivity index (χ2v) is 4.19. The molecule has 0 saturated carbocycles. The van der Waals surface area contributed by atoms with E-state index in [9.17, 15) is 8.78 Å². The van der Waals surface area contributed by atoms with Crippen molar-refractivity contribution in [2.24, 2.45) is 0 Å². The zero-order valence-corrected chi connectivity index (χ0v) is 10.3. The van der Waals surface area contributed by atoms with Gasteiger partial charge in [-0.15, -0.1) is 0 Å². The van der Waals surface area contributed by atoms with Gasteiger partial charge in [0.05, 0.1) is 6.10 Å². The van der Waals surface area contributed by atoms with E-state index < -0.39 is 11.6 Å². The Kier molecular flexibility index (Phi) is 6.08. The van der Waals surface area contributed by atoms with Crippen molar-refractivity contribution in [2.45, 2.75) is 32.9 Å². The number of benzene rings is 1. The second-order valence-electron chi connectivity index (χ2n) is 4.19. The van der Waals surface area contributed by atoms with Gasteiger partial charge in [-0.25, -0.2) is 8.78 Å². The minimum atomic E-state index is -0.545. The molecule has 0 radical (unpaired) electrons. The molecule has 96 valence electrons. The van der Waals surface area contributed by atoms with Crippen LogP contribution in [0.4, 0.5) is 8.78 Å². The highest BCUT2D eigenvalue weighted by Gasteiger charge is 2.02. The van der Waals surface area contributed by atoms with Gasteiger partial charge >= 0.3 is 0 Å². The molecule has 2 nitrogen and oxygen atoms in total. The summed E-state index contributed by atoms with van der Waals surface area (Å²) in [6.07, 6.45) is 1.12. The molecule has 4 heteroatoms. The van der Waals surface area contributed by atoms with Crippen LogP contribution in [0, 0.1) is 11.6 Å². The van der Waals surface area contributed by atoms with E-state index in [1.54, 1.807) is 0 Å². The monoisotopic (exact) mass is 243 g/mol. The molecule has 0 unspecified atom stereocenters. The predicted molar refractivity (Wildman–Crippen MR) is 63.8 cm³/mol. The first-order valence-corrected chi connectivity index (χ1v) is 5.86. The normalized spacial score (nSPS) is 11.1. The maximum absolute atomic E-state index is 13.2. The lowest BCUT2D eigenvalue weighted by atomic mass is 10.2. The third-order valence-corrected chi connectivity index (χ3v) is 2.28. The van der Waals surface area contributed by atoms with Crippen molar-refractivity contribution >= 4 is 0 Å². The fourth-order valence-electron chi connectivity index (χ4n) is 1.40. The van der Waals surface area contributed by atoms with Crippen molar-refractivity contribution in [2.75, 3.05) is 13.2 Å². The Bertz CT molecular complexity index is 342. The minimum Gasteiger partial charge on any atom is -0.379 e.